The van der Waals surface area contributed by atoms with Crippen molar-refractivity contribution in [3.05, 3.63) is 94.6 Å². The van der Waals surface area contributed by atoms with E-state index in [9.17, 15) is 42.7 Å². The van der Waals surface area contributed by atoms with Crippen LogP contribution >= 0.6 is 23.6 Å². The number of aromatic nitrogens is 1. The molecule has 3 aliphatic rings. The molecule has 3 saturated heterocycles. The number of aliphatic hydroxyl groups excluding tert-OH is 1. The average Bonchev–Trinajstić information content (AvgIpc) is 4.00. The third-order valence-electron chi connectivity index (χ3n) is 13.4. The summed E-state index contributed by atoms with van der Waals surface area (Å²) in [5.74, 6) is -0.767. The molecule has 72 heavy (non-hydrogen) atoms. The summed E-state index contributed by atoms with van der Waals surface area (Å²) in [5, 5.41) is 25.6. The minimum Gasteiger partial charge on any atom is -0.492 e. The van der Waals surface area contributed by atoms with Crippen LogP contribution in [0.5, 0.6) is 5.75 Å². The highest BCUT2D eigenvalue weighted by molar-refractivity contribution is 7.81. The number of alkyl halides is 3. The Hall–Kier alpha value is -5.98. The number of thiazole rings is 1. The number of carbonyl (C=O) groups is 4. The zero-order chi connectivity index (χ0) is 52.1. The lowest BCUT2D eigenvalue weighted by Crippen LogP contribution is -2.58. The van der Waals surface area contributed by atoms with Gasteiger partial charge in [0.1, 0.15) is 36.6 Å². The maximum atomic E-state index is 14.0. The van der Waals surface area contributed by atoms with Crippen molar-refractivity contribution in [3.8, 4) is 22.3 Å². The number of benzene rings is 3. The van der Waals surface area contributed by atoms with Crippen LogP contribution in [0.4, 0.5) is 24.5 Å². The van der Waals surface area contributed by atoms with Crippen molar-refractivity contribution in [1.29, 1.82) is 5.26 Å². The SMILES string of the molecule is Cc1ncsc1-c1ccc(CNC(=O)[C@@H]2C[C@@H](O)CN2C(=O)[C@@H](NC(=O)COCCC2CCN(CCOc3ccc(N4C(=S)N(c5ccc(C#N)c(C(F)(F)F)c5)C(=O)C4(C)C)cc3)CC2)C(C)(C)C)cc1. The van der Waals surface area contributed by atoms with Crippen LogP contribution in [0.2, 0.25) is 0 Å². The molecule has 4 amide bonds. The molecule has 3 N–H and O–H groups in total. The summed E-state index contributed by atoms with van der Waals surface area (Å²) in [4.78, 5) is 66.0. The first-order valence-corrected chi connectivity index (χ1v) is 25.2. The number of aryl methyl sites for hydroxylation is 1. The molecule has 0 unspecified atom stereocenters. The summed E-state index contributed by atoms with van der Waals surface area (Å²) in [5.41, 5.74) is 1.54. The molecule has 0 bridgehead atoms. The van der Waals surface area contributed by atoms with E-state index in [0.29, 0.717) is 37.1 Å². The standard InChI is InChI=1S/C52H61F3N8O7S2/c1-32-44(72-31-58-32)35-9-7-34(8-10-35)28-57-46(66)42-26-39(64)29-61(42)47(67)45(50(2,3)4)59-43(65)30-69-23-19-33-17-20-60(21-18-33)22-24-70-40-15-13-37(14-16-40)63-49(71)62(48(68)51(63,5)6)38-12-11-36(27-56)41(25-38)52(53,54)55/h7-16,25,31,33,39,42,45,64H,17-24,26,28-30H2,1-6H3,(H,57,66)(H,59,65)/t39-,42+,45-/m1/s1. The number of amides is 4. The molecule has 7 rings (SSSR count). The predicted octanol–water partition coefficient (Wildman–Crippen LogP) is 7.23. The monoisotopic (exact) mass is 1030 g/mol. The summed E-state index contributed by atoms with van der Waals surface area (Å²) >= 11 is 7.22. The van der Waals surface area contributed by atoms with E-state index in [2.05, 4.69) is 20.5 Å². The normalized spacial score (nSPS) is 19.1. The van der Waals surface area contributed by atoms with Gasteiger partial charge >= 0.3 is 6.18 Å². The van der Waals surface area contributed by atoms with Crippen LogP contribution in [0, 0.1) is 29.6 Å². The molecular formula is C52H61F3N8O7S2. The number of nitrogens with zero attached hydrogens (tertiary/aromatic N) is 6. The highest BCUT2D eigenvalue weighted by Gasteiger charge is 2.51. The second-order valence-corrected chi connectivity index (χ2v) is 21.3. The molecule has 4 heterocycles. The van der Waals surface area contributed by atoms with E-state index >= 15 is 0 Å². The van der Waals surface area contributed by atoms with Crippen LogP contribution in [0.1, 0.15) is 82.7 Å². The lowest BCUT2D eigenvalue weighted by Gasteiger charge is -2.35. The fourth-order valence-electron chi connectivity index (χ4n) is 9.34. The van der Waals surface area contributed by atoms with Crippen molar-refractivity contribution in [1.82, 2.24) is 25.4 Å². The van der Waals surface area contributed by atoms with Crippen LogP contribution in [0.3, 0.4) is 0 Å². The Balaban J connectivity index is 0.811. The minimum absolute atomic E-state index is 0.00557. The van der Waals surface area contributed by atoms with Gasteiger partial charge in [-0.25, -0.2) is 4.98 Å². The molecule has 3 fully saturated rings. The first kappa shape index (κ1) is 53.8. The third kappa shape index (κ3) is 12.4. The number of aliphatic hydroxyl groups is 1. The van der Waals surface area contributed by atoms with E-state index in [1.165, 1.54) is 11.0 Å². The molecule has 20 heteroatoms. The Morgan fingerprint density at radius 1 is 1.01 bits per heavy atom. The number of piperidine rings is 1. The quantitative estimate of drug-likeness (QED) is 0.0715. The van der Waals surface area contributed by atoms with Crippen molar-refractivity contribution in [2.45, 2.75) is 104 Å². The van der Waals surface area contributed by atoms with Gasteiger partial charge in [-0.05, 0) is 130 Å². The van der Waals surface area contributed by atoms with E-state index in [1.54, 1.807) is 65.9 Å². The van der Waals surface area contributed by atoms with Gasteiger partial charge < -0.3 is 35.0 Å². The van der Waals surface area contributed by atoms with E-state index in [0.717, 1.165) is 71.1 Å². The van der Waals surface area contributed by atoms with Crippen LogP contribution in [-0.2, 0) is 36.6 Å². The second kappa shape index (κ2) is 22.4. The molecule has 3 atom stereocenters. The van der Waals surface area contributed by atoms with Crippen LogP contribution < -0.4 is 25.2 Å². The minimum atomic E-state index is -4.80. The van der Waals surface area contributed by atoms with Gasteiger partial charge in [-0.3, -0.25) is 29.0 Å². The van der Waals surface area contributed by atoms with E-state index in [1.807, 2.05) is 52.0 Å². The lowest BCUT2D eigenvalue weighted by atomic mass is 9.85. The van der Waals surface area contributed by atoms with Gasteiger partial charge in [0.05, 0.1) is 45.1 Å². The number of rotatable bonds is 17. The number of likely N-dealkylation sites (tertiary alicyclic amines) is 2. The fraction of sp³-hybridized carbons (Fsp3) is 0.481. The smallest absolute Gasteiger partial charge is 0.417 e. The zero-order valence-electron chi connectivity index (χ0n) is 41.3. The molecule has 0 spiro atoms. The van der Waals surface area contributed by atoms with E-state index in [4.69, 9.17) is 21.7 Å². The van der Waals surface area contributed by atoms with Gasteiger partial charge in [0.25, 0.3) is 5.91 Å². The van der Waals surface area contributed by atoms with Gasteiger partial charge in [0, 0.05) is 38.3 Å². The number of carbonyl (C=O) groups excluding carboxylic acids is 4. The topological polar surface area (TPSA) is 181 Å². The summed E-state index contributed by atoms with van der Waals surface area (Å²) < 4.78 is 53.1. The number of ether oxygens (including phenoxy) is 2. The van der Waals surface area contributed by atoms with E-state index < -0.39 is 64.2 Å². The van der Waals surface area contributed by atoms with Gasteiger partial charge in [0.2, 0.25) is 17.7 Å². The lowest BCUT2D eigenvalue weighted by molar-refractivity contribution is -0.144. The number of β-amino-alcohol motifs (C(OH)–C–C–N with tert-alkyl or cyclic N) is 1. The van der Waals surface area contributed by atoms with Gasteiger partial charge in [-0.15, -0.1) is 11.3 Å². The molecule has 1 aromatic heterocycles. The number of thiocarbonyl (C=S) groups is 1. The maximum Gasteiger partial charge on any atom is 0.417 e. The summed E-state index contributed by atoms with van der Waals surface area (Å²) in [6, 6.07) is 17.6. The van der Waals surface area contributed by atoms with Gasteiger partial charge in [-0.1, -0.05) is 45.0 Å². The largest absolute Gasteiger partial charge is 0.492 e. The molecular weight excluding hydrogens is 970 g/mol. The molecule has 0 radical (unpaired) electrons. The van der Waals surface area contributed by atoms with Crippen molar-refractivity contribution in [2.24, 2.45) is 11.3 Å². The Morgan fingerprint density at radius 3 is 2.32 bits per heavy atom. The number of anilines is 2. The molecule has 384 valence electrons. The Kier molecular flexibility index (Phi) is 16.8. The first-order chi connectivity index (χ1) is 34.1. The summed E-state index contributed by atoms with van der Waals surface area (Å²) in [6.07, 6.45) is -2.93. The molecule has 15 nitrogen and oxygen atoms in total. The molecule has 3 aromatic carbocycles. The molecule has 0 saturated carbocycles. The predicted molar refractivity (Wildman–Crippen MR) is 271 cm³/mol. The maximum absolute atomic E-state index is 14.0. The number of nitrogens with one attached hydrogen (secondary N) is 2. The van der Waals surface area contributed by atoms with Crippen molar-refractivity contribution in [3.63, 3.8) is 0 Å². The van der Waals surface area contributed by atoms with Gasteiger partial charge in [0.15, 0.2) is 5.11 Å². The first-order valence-electron chi connectivity index (χ1n) is 23.9. The Morgan fingerprint density at radius 2 is 1.69 bits per heavy atom. The number of nitriles is 1. The number of halogens is 3. The van der Waals surface area contributed by atoms with Gasteiger partial charge in [-0.2, -0.15) is 18.4 Å². The van der Waals surface area contributed by atoms with Crippen LogP contribution in [0.25, 0.3) is 10.4 Å². The van der Waals surface area contributed by atoms with Crippen LogP contribution in [0.15, 0.2) is 72.2 Å². The van der Waals surface area contributed by atoms with Crippen LogP contribution in [-0.4, -0.2) is 118 Å². The fourth-order valence-corrected chi connectivity index (χ4v) is 10.7. The highest BCUT2D eigenvalue weighted by atomic mass is 32.1. The Bertz CT molecular complexity index is 2660. The molecule has 0 aliphatic carbocycles. The van der Waals surface area contributed by atoms with E-state index in [-0.39, 0.29) is 42.8 Å². The molecule has 3 aliphatic heterocycles. The van der Waals surface area contributed by atoms with Crippen molar-refractivity contribution in [2.75, 3.05) is 55.8 Å². The summed E-state index contributed by atoms with van der Waals surface area (Å²) in [6.45, 7) is 14.0. The third-order valence-corrected chi connectivity index (χ3v) is 14.8. The van der Waals surface area contributed by atoms with Crippen molar-refractivity contribution >= 4 is 63.7 Å². The number of hydrogen-bond acceptors (Lipinski definition) is 12. The number of hydrogen-bond donors (Lipinski definition) is 3. The zero-order valence-corrected chi connectivity index (χ0v) is 42.9. The molecule has 4 aromatic rings. The second-order valence-electron chi connectivity index (χ2n) is 20.1. The highest BCUT2D eigenvalue weighted by Crippen LogP contribution is 2.40. The average molecular weight is 1030 g/mol. The Labute approximate surface area is 427 Å². The van der Waals surface area contributed by atoms with Crippen molar-refractivity contribution < 1.29 is 46.9 Å². The summed E-state index contributed by atoms with van der Waals surface area (Å²) in [7, 11) is 0.